The first-order chi connectivity index (χ1) is 11.5. The number of methoxy groups -OCH3 is 1. The summed E-state index contributed by atoms with van der Waals surface area (Å²) in [6, 6.07) is 8.28. The molecule has 24 heavy (non-hydrogen) atoms. The number of aryl methyl sites for hydroxylation is 1. The Kier molecular flexibility index (Phi) is 6.67. The van der Waals surface area contributed by atoms with Gasteiger partial charge in [0, 0.05) is 12.1 Å². The van der Waals surface area contributed by atoms with Crippen LogP contribution in [-0.4, -0.2) is 18.9 Å². The number of hydrogen-bond acceptors (Lipinski definition) is 5. The molecule has 5 nitrogen and oxygen atoms in total. The van der Waals surface area contributed by atoms with E-state index in [0.29, 0.717) is 6.61 Å². The van der Waals surface area contributed by atoms with E-state index in [-0.39, 0.29) is 12.1 Å². The van der Waals surface area contributed by atoms with Crippen LogP contribution < -0.4 is 14.8 Å². The number of ether oxygens (including phenoxy) is 2. The fraction of sp³-hybridized carbons (Fsp3) is 0.526. The van der Waals surface area contributed by atoms with Crippen molar-refractivity contribution in [3.8, 4) is 11.5 Å². The molecule has 1 aromatic carbocycles. The Hall–Kier alpha value is -2.01. The Bertz CT molecular complexity index is 639. The van der Waals surface area contributed by atoms with E-state index in [4.69, 9.17) is 14.0 Å². The first-order valence-corrected chi connectivity index (χ1v) is 8.55. The molecule has 1 N–H and O–H groups in total. The maximum Gasteiger partial charge on any atom is 0.161 e. The second kappa shape index (κ2) is 8.73. The molecular weight excluding hydrogens is 304 g/mol. The molecule has 0 aliphatic rings. The lowest BCUT2D eigenvalue weighted by Gasteiger charge is -2.20. The summed E-state index contributed by atoms with van der Waals surface area (Å²) in [6.07, 6.45) is 2.15. The summed E-state index contributed by atoms with van der Waals surface area (Å²) in [5.74, 6) is 2.38. The molecule has 5 heteroatoms. The van der Waals surface area contributed by atoms with Gasteiger partial charge >= 0.3 is 0 Å². The zero-order valence-corrected chi connectivity index (χ0v) is 15.3. The van der Waals surface area contributed by atoms with Gasteiger partial charge in [0.05, 0.1) is 19.8 Å². The normalized spacial score (nSPS) is 13.5. The maximum atomic E-state index is 5.79. The summed E-state index contributed by atoms with van der Waals surface area (Å²) in [4.78, 5) is 0. The average molecular weight is 332 g/mol. The highest BCUT2D eigenvalue weighted by Crippen LogP contribution is 2.31. The number of nitrogens with zero attached hydrogens (tertiary/aromatic N) is 1. The smallest absolute Gasteiger partial charge is 0.161 e. The van der Waals surface area contributed by atoms with Crippen LogP contribution in [0.4, 0.5) is 0 Å². The number of nitrogens with one attached hydrogen (secondary N) is 1. The number of benzene rings is 1. The van der Waals surface area contributed by atoms with Gasteiger partial charge in [0.1, 0.15) is 11.5 Å². The quantitative estimate of drug-likeness (QED) is 0.681. The van der Waals surface area contributed by atoms with E-state index < -0.39 is 0 Å². The molecule has 132 valence electrons. The van der Waals surface area contributed by atoms with Crippen LogP contribution in [0.15, 0.2) is 28.8 Å². The minimum atomic E-state index is 0.101. The largest absolute Gasteiger partial charge is 0.493 e. The van der Waals surface area contributed by atoms with Crippen molar-refractivity contribution in [2.45, 2.75) is 52.6 Å². The van der Waals surface area contributed by atoms with Crippen molar-refractivity contribution in [1.29, 1.82) is 0 Å². The van der Waals surface area contributed by atoms with Crippen LogP contribution in [0.3, 0.4) is 0 Å². The van der Waals surface area contributed by atoms with E-state index in [9.17, 15) is 0 Å². The Balaban J connectivity index is 2.04. The van der Waals surface area contributed by atoms with Crippen molar-refractivity contribution in [1.82, 2.24) is 10.5 Å². The number of rotatable bonds is 9. The lowest BCUT2D eigenvalue weighted by Crippen LogP contribution is -2.22. The van der Waals surface area contributed by atoms with Crippen LogP contribution >= 0.6 is 0 Å². The van der Waals surface area contributed by atoms with E-state index >= 15 is 0 Å². The highest BCUT2D eigenvalue weighted by atomic mass is 16.5. The fourth-order valence-electron chi connectivity index (χ4n) is 2.55. The molecule has 0 fully saturated rings. The number of aromatic nitrogens is 1. The zero-order chi connectivity index (χ0) is 17.5. The lowest BCUT2D eigenvalue weighted by molar-refractivity contribution is 0.288. The highest BCUT2D eigenvalue weighted by Gasteiger charge is 2.16. The molecule has 0 aliphatic carbocycles. The summed E-state index contributed by atoms with van der Waals surface area (Å²) in [6.45, 7) is 8.95. The highest BCUT2D eigenvalue weighted by molar-refractivity contribution is 5.43. The van der Waals surface area contributed by atoms with Gasteiger partial charge in [0.2, 0.25) is 0 Å². The molecule has 1 aromatic heterocycles. The minimum absolute atomic E-state index is 0.101. The number of unbranched alkanes of at least 4 members (excludes halogenated alkanes) is 1. The average Bonchev–Trinajstić information content (AvgIpc) is 3.01. The fourth-order valence-corrected chi connectivity index (χ4v) is 2.55. The van der Waals surface area contributed by atoms with Crippen LogP contribution in [0.2, 0.25) is 0 Å². The second-order valence-electron chi connectivity index (χ2n) is 6.08. The Morgan fingerprint density at radius 3 is 2.58 bits per heavy atom. The first kappa shape index (κ1) is 18.3. The number of hydrogen-bond donors (Lipinski definition) is 1. The van der Waals surface area contributed by atoms with Crippen molar-refractivity contribution in [2.75, 3.05) is 13.7 Å². The van der Waals surface area contributed by atoms with Crippen molar-refractivity contribution in [3.05, 3.63) is 41.3 Å². The SMILES string of the molecule is CCCCOc1ccc(C(C)NC(C)c2cc(C)on2)cc1OC. The Morgan fingerprint density at radius 1 is 1.17 bits per heavy atom. The van der Waals surface area contributed by atoms with Gasteiger partial charge in [0.15, 0.2) is 11.5 Å². The summed E-state index contributed by atoms with van der Waals surface area (Å²) >= 11 is 0. The zero-order valence-electron chi connectivity index (χ0n) is 15.3. The molecule has 0 spiro atoms. The third-order valence-corrected chi connectivity index (χ3v) is 4.03. The van der Waals surface area contributed by atoms with Gasteiger partial charge in [-0.15, -0.1) is 0 Å². The molecule has 0 radical (unpaired) electrons. The predicted octanol–water partition coefficient (Wildman–Crippen LogP) is 4.58. The molecule has 0 amide bonds. The van der Waals surface area contributed by atoms with Gasteiger partial charge < -0.3 is 19.3 Å². The predicted molar refractivity (Wildman–Crippen MR) is 94.6 cm³/mol. The van der Waals surface area contributed by atoms with Gasteiger partial charge in [-0.2, -0.15) is 0 Å². The molecular formula is C19H28N2O3. The minimum Gasteiger partial charge on any atom is -0.493 e. The molecule has 2 unspecified atom stereocenters. The summed E-state index contributed by atoms with van der Waals surface area (Å²) in [7, 11) is 1.67. The van der Waals surface area contributed by atoms with Crippen molar-refractivity contribution < 1.29 is 14.0 Å². The standard InChI is InChI=1S/C19H28N2O3/c1-6-7-10-23-18-9-8-16(12-19(18)22-5)14(3)20-15(4)17-11-13(2)24-21-17/h8-9,11-12,14-15,20H,6-7,10H2,1-5H3. The molecule has 1 heterocycles. The van der Waals surface area contributed by atoms with Crippen LogP contribution in [0.25, 0.3) is 0 Å². The van der Waals surface area contributed by atoms with Crippen LogP contribution in [0.1, 0.15) is 62.7 Å². The van der Waals surface area contributed by atoms with Gasteiger partial charge in [-0.05, 0) is 44.9 Å². The molecule has 2 rings (SSSR count). The van der Waals surface area contributed by atoms with E-state index in [1.54, 1.807) is 7.11 Å². The third-order valence-electron chi connectivity index (χ3n) is 4.03. The van der Waals surface area contributed by atoms with Gasteiger partial charge in [-0.25, -0.2) is 0 Å². The summed E-state index contributed by atoms with van der Waals surface area (Å²) < 4.78 is 16.4. The lowest BCUT2D eigenvalue weighted by atomic mass is 10.1. The van der Waals surface area contributed by atoms with E-state index in [2.05, 4.69) is 37.3 Å². The Labute approximate surface area is 144 Å². The molecule has 2 atom stereocenters. The molecule has 0 bridgehead atoms. The van der Waals surface area contributed by atoms with E-state index in [1.165, 1.54) is 0 Å². The summed E-state index contributed by atoms with van der Waals surface area (Å²) in [5, 5.41) is 7.60. The monoisotopic (exact) mass is 332 g/mol. The molecule has 0 aliphatic heterocycles. The summed E-state index contributed by atoms with van der Waals surface area (Å²) in [5.41, 5.74) is 2.05. The van der Waals surface area contributed by atoms with Crippen molar-refractivity contribution >= 4 is 0 Å². The van der Waals surface area contributed by atoms with Crippen LogP contribution in [-0.2, 0) is 0 Å². The van der Waals surface area contributed by atoms with Gasteiger partial charge in [0.25, 0.3) is 0 Å². The van der Waals surface area contributed by atoms with Gasteiger partial charge in [-0.1, -0.05) is 24.6 Å². The van der Waals surface area contributed by atoms with E-state index in [1.807, 2.05) is 25.1 Å². The molecule has 0 saturated heterocycles. The molecule has 2 aromatic rings. The van der Waals surface area contributed by atoms with Crippen LogP contribution in [0, 0.1) is 6.92 Å². The van der Waals surface area contributed by atoms with Gasteiger partial charge in [-0.3, -0.25) is 0 Å². The first-order valence-electron chi connectivity index (χ1n) is 8.55. The van der Waals surface area contributed by atoms with E-state index in [0.717, 1.165) is 41.4 Å². The van der Waals surface area contributed by atoms with Crippen molar-refractivity contribution in [2.24, 2.45) is 0 Å². The second-order valence-corrected chi connectivity index (χ2v) is 6.08. The van der Waals surface area contributed by atoms with Crippen LogP contribution in [0.5, 0.6) is 11.5 Å². The Morgan fingerprint density at radius 2 is 1.96 bits per heavy atom. The molecule has 0 saturated carbocycles. The van der Waals surface area contributed by atoms with Crippen molar-refractivity contribution in [3.63, 3.8) is 0 Å². The maximum absolute atomic E-state index is 5.79. The third kappa shape index (κ3) is 4.74. The topological polar surface area (TPSA) is 56.5 Å².